The topological polar surface area (TPSA) is 142 Å². The molecule has 36 heavy (non-hydrogen) atoms. The first-order valence-corrected chi connectivity index (χ1v) is 12.1. The summed E-state index contributed by atoms with van der Waals surface area (Å²) in [4.78, 5) is 26.6. The van der Waals surface area contributed by atoms with Gasteiger partial charge in [0, 0.05) is 66.8 Å². The van der Waals surface area contributed by atoms with E-state index in [1.165, 1.54) is 12.4 Å². The Morgan fingerprint density at radius 3 is 2.47 bits per heavy atom. The average Bonchev–Trinajstić information content (AvgIpc) is 3.24. The van der Waals surface area contributed by atoms with Crippen molar-refractivity contribution >= 4 is 46.6 Å². The van der Waals surface area contributed by atoms with Gasteiger partial charge in [0.05, 0.1) is 21.3 Å². The summed E-state index contributed by atoms with van der Waals surface area (Å²) in [6.07, 6.45) is 7.88. The third-order valence-electron chi connectivity index (χ3n) is 6.53. The number of carbonyl (C=O) groups is 1. The third-order valence-corrected chi connectivity index (χ3v) is 7.18. The second kappa shape index (κ2) is 9.79. The van der Waals surface area contributed by atoms with E-state index in [4.69, 9.17) is 39.1 Å². The van der Waals surface area contributed by atoms with E-state index in [-0.39, 0.29) is 23.9 Å². The van der Waals surface area contributed by atoms with Crippen LogP contribution in [0, 0.1) is 5.41 Å². The molecule has 2 amide bonds. The lowest BCUT2D eigenvalue weighted by atomic mass is 9.89. The van der Waals surface area contributed by atoms with Crippen LogP contribution in [0.15, 0.2) is 43.0 Å². The number of nitrogens with zero attached hydrogens (tertiary/aromatic N) is 4. The Balaban J connectivity index is 1.26. The predicted molar refractivity (Wildman–Crippen MR) is 138 cm³/mol. The Morgan fingerprint density at radius 2 is 1.83 bits per heavy atom. The molecule has 5 N–H and O–H groups in total. The molecule has 0 atom stereocenters. The molecule has 12 heteroatoms. The van der Waals surface area contributed by atoms with Crippen molar-refractivity contribution in [3.8, 4) is 5.75 Å². The first-order chi connectivity index (χ1) is 17.3. The summed E-state index contributed by atoms with van der Waals surface area (Å²) in [5, 5.41) is 15.4. The van der Waals surface area contributed by atoms with Crippen molar-refractivity contribution in [2.45, 2.75) is 25.0 Å². The largest absolute Gasteiger partial charge is 0.489 e. The maximum atomic E-state index is 11.5. The van der Waals surface area contributed by atoms with E-state index in [0.717, 1.165) is 25.9 Å². The number of hydrogen-bond acceptors (Lipinski definition) is 8. The number of nitrogens with two attached hydrogens (primary N) is 1. The first-order valence-electron chi connectivity index (χ1n) is 11.4. The highest BCUT2D eigenvalue weighted by molar-refractivity contribution is 6.35. The fourth-order valence-corrected chi connectivity index (χ4v) is 4.83. The van der Waals surface area contributed by atoms with Gasteiger partial charge in [-0.3, -0.25) is 10.4 Å². The highest BCUT2D eigenvalue weighted by atomic mass is 35.5. The van der Waals surface area contributed by atoms with Crippen LogP contribution in [0.1, 0.15) is 29.5 Å². The minimum Gasteiger partial charge on any atom is -0.489 e. The van der Waals surface area contributed by atoms with E-state index in [0.29, 0.717) is 50.7 Å². The van der Waals surface area contributed by atoms with E-state index in [1.54, 1.807) is 30.6 Å². The van der Waals surface area contributed by atoms with Crippen LogP contribution in [-0.2, 0) is 6.61 Å². The van der Waals surface area contributed by atoms with Crippen molar-refractivity contribution in [3.63, 3.8) is 0 Å². The molecule has 1 aromatic carbocycles. The maximum Gasteiger partial charge on any atom is 0.315 e. The lowest BCUT2D eigenvalue weighted by Crippen LogP contribution is -2.52. The molecular formula is C24H24Cl2N8O2. The van der Waals surface area contributed by atoms with Crippen LogP contribution in [0.4, 0.5) is 16.4 Å². The molecule has 0 saturated carbocycles. The number of nitrogens with one attached hydrogen (secondary N) is 3. The molecule has 2 aliphatic heterocycles. The van der Waals surface area contributed by atoms with Crippen LogP contribution < -0.4 is 26.0 Å². The fraction of sp³-hybridized carbons (Fsp3) is 0.292. The van der Waals surface area contributed by atoms with Gasteiger partial charge in [-0.15, -0.1) is 0 Å². The molecule has 0 unspecified atom stereocenters. The lowest BCUT2D eigenvalue weighted by molar-refractivity contribution is 0.240. The summed E-state index contributed by atoms with van der Waals surface area (Å²) in [5.74, 6) is 1.11. The SMILES string of the molecule is N=C(c1cnc(N2CCC3(CC2)CNC(=O)N3)nc1)c1cc(OCc2c(Cl)cncc2Cl)ccc1N. The quantitative estimate of drug-likeness (QED) is 0.284. The number of halogens is 2. The summed E-state index contributed by atoms with van der Waals surface area (Å²) in [6, 6.07) is 4.99. The van der Waals surface area contributed by atoms with E-state index in [9.17, 15) is 4.79 Å². The van der Waals surface area contributed by atoms with Gasteiger partial charge in [0.25, 0.3) is 0 Å². The number of pyridine rings is 1. The monoisotopic (exact) mass is 526 g/mol. The van der Waals surface area contributed by atoms with Crippen LogP contribution in [0.5, 0.6) is 5.75 Å². The van der Waals surface area contributed by atoms with Crippen LogP contribution in [0.25, 0.3) is 0 Å². The molecule has 10 nitrogen and oxygen atoms in total. The molecular weight excluding hydrogens is 503 g/mol. The molecule has 2 aromatic heterocycles. The zero-order valence-electron chi connectivity index (χ0n) is 19.2. The number of rotatable bonds is 6. The summed E-state index contributed by atoms with van der Waals surface area (Å²) in [5.41, 5.74) is 8.25. The van der Waals surface area contributed by atoms with Crippen LogP contribution in [0.2, 0.25) is 10.0 Å². The number of anilines is 2. The van der Waals surface area contributed by atoms with Gasteiger partial charge in [-0.25, -0.2) is 14.8 Å². The number of amides is 2. The third kappa shape index (κ3) is 4.87. The number of hydrogen-bond donors (Lipinski definition) is 4. The molecule has 2 aliphatic rings. The van der Waals surface area contributed by atoms with Crippen molar-refractivity contribution in [1.82, 2.24) is 25.6 Å². The Kier molecular flexibility index (Phi) is 6.55. The average molecular weight is 527 g/mol. The summed E-state index contributed by atoms with van der Waals surface area (Å²) >= 11 is 12.3. The molecule has 4 heterocycles. The van der Waals surface area contributed by atoms with Gasteiger partial charge in [0.15, 0.2) is 0 Å². The van der Waals surface area contributed by atoms with Gasteiger partial charge in [-0.05, 0) is 31.0 Å². The number of ether oxygens (including phenoxy) is 1. The van der Waals surface area contributed by atoms with Gasteiger partial charge in [-0.1, -0.05) is 23.2 Å². The van der Waals surface area contributed by atoms with Crippen molar-refractivity contribution in [3.05, 3.63) is 69.7 Å². The van der Waals surface area contributed by atoms with Crippen LogP contribution in [0.3, 0.4) is 0 Å². The van der Waals surface area contributed by atoms with Crippen molar-refractivity contribution in [1.29, 1.82) is 5.41 Å². The van der Waals surface area contributed by atoms with E-state index in [2.05, 4.69) is 30.5 Å². The summed E-state index contributed by atoms with van der Waals surface area (Å²) in [6.45, 7) is 2.25. The molecule has 2 fully saturated rings. The minimum absolute atomic E-state index is 0.110. The maximum absolute atomic E-state index is 11.5. The molecule has 0 aliphatic carbocycles. The second-order valence-electron chi connectivity index (χ2n) is 8.84. The number of benzene rings is 1. The van der Waals surface area contributed by atoms with Crippen molar-refractivity contribution in [2.75, 3.05) is 30.3 Å². The van der Waals surface area contributed by atoms with Crippen molar-refractivity contribution in [2.24, 2.45) is 0 Å². The van der Waals surface area contributed by atoms with E-state index >= 15 is 0 Å². The zero-order chi connectivity index (χ0) is 25.3. The smallest absolute Gasteiger partial charge is 0.315 e. The molecule has 2 saturated heterocycles. The Hall–Kier alpha value is -3.63. The van der Waals surface area contributed by atoms with E-state index in [1.807, 2.05) is 0 Å². The number of nitrogen functional groups attached to an aromatic ring is 1. The number of carbonyl (C=O) groups excluding carboxylic acids is 1. The van der Waals surface area contributed by atoms with Crippen LogP contribution in [-0.4, -0.2) is 51.9 Å². The van der Waals surface area contributed by atoms with Crippen LogP contribution >= 0.6 is 23.2 Å². The molecule has 5 rings (SSSR count). The van der Waals surface area contributed by atoms with Gasteiger partial charge >= 0.3 is 6.03 Å². The molecule has 0 radical (unpaired) electrons. The lowest BCUT2D eigenvalue weighted by Gasteiger charge is -2.38. The summed E-state index contributed by atoms with van der Waals surface area (Å²) in [7, 11) is 0. The predicted octanol–water partition coefficient (Wildman–Crippen LogP) is 3.41. The highest BCUT2D eigenvalue weighted by Crippen LogP contribution is 2.28. The van der Waals surface area contributed by atoms with Crippen molar-refractivity contribution < 1.29 is 9.53 Å². The standard InChI is InChI=1S/C24H24Cl2N8O2/c25-18-10-29-11-19(26)17(18)12-36-15-1-2-20(27)16(7-15)21(28)14-8-30-22(31-9-14)34-5-3-24(4-6-34)13-32-23(35)33-24/h1-2,7-11,28H,3-6,12-13,27H2,(H2,32,33,35). The first kappa shape index (κ1) is 24.1. The summed E-state index contributed by atoms with van der Waals surface area (Å²) < 4.78 is 5.86. The zero-order valence-corrected chi connectivity index (χ0v) is 20.7. The Morgan fingerprint density at radius 1 is 1.14 bits per heavy atom. The molecule has 3 aromatic rings. The van der Waals surface area contributed by atoms with Gasteiger partial charge in [0.1, 0.15) is 12.4 Å². The number of aromatic nitrogens is 3. The minimum atomic E-state index is -0.186. The second-order valence-corrected chi connectivity index (χ2v) is 9.66. The van der Waals surface area contributed by atoms with Gasteiger partial charge in [0.2, 0.25) is 5.95 Å². The fourth-order valence-electron chi connectivity index (χ4n) is 4.36. The molecule has 0 bridgehead atoms. The number of urea groups is 1. The number of piperidine rings is 1. The van der Waals surface area contributed by atoms with E-state index < -0.39 is 0 Å². The Bertz CT molecular complexity index is 1290. The van der Waals surface area contributed by atoms with Gasteiger partial charge in [-0.2, -0.15) is 0 Å². The normalized spacial score (nSPS) is 16.5. The Labute approximate surface area is 217 Å². The molecule has 186 valence electrons. The van der Waals surface area contributed by atoms with Gasteiger partial charge < -0.3 is 26.0 Å². The highest BCUT2D eigenvalue weighted by Gasteiger charge is 2.40. The molecule has 1 spiro atoms.